The molecule has 0 unspecified atom stereocenters. The SMILES string of the molecule is CC[C@H](NC(=O)COc1ccc(F)cc1)C(=O)O. The van der Waals surface area contributed by atoms with Crippen LogP contribution in [0.5, 0.6) is 5.75 Å². The molecular formula is C12H14FNO4. The zero-order valence-corrected chi connectivity index (χ0v) is 9.85. The van der Waals surface area contributed by atoms with E-state index in [-0.39, 0.29) is 13.0 Å². The molecule has 0 fully saturated rings. The third-order valence-corrected chi connectivity index (χ3v) is 2.23. The summed E-state index contributed by atoms with van der Waals surface area (Å²) in [6, 6.07) is 4.27. The van der Waals surface area contributed by atoms with Crippen LogP contribution in [0.15, 0.2) is 24.3 Å². The number of ether oxygens (including phenoxy) is 1. The van der Waals surface area contributed by atoms with Gasteiger partial charge in [-0.15, -0.1) is 0 Å². The Kier molecular flexibility index (Phi) is 5.10. The Hall–Kier alpha value is -2.11. The van der Waals surface area contributed by atoms with Gasteiger partial charge in [-0.25, -0.2) is 9.18 Å². The van der Waals surface area contributed by atoms with Crippen molar-refractivity contribution in [1.29, 1.82) is 0 Å². The van der Waals surface area contributed by atoms with Crippen molar-refractivity contribution >= 4 is 11.9 Å². The predicted molar refractivity (Wildman–Crippen MR) is 61.8 cm³/mol. The lowest BCUT2D eigenvalue weighted by Gasteiger charge is -2.12. The van der Waals surface area contributed by atoms with Gasteiger partial charge in [0, 0.05) is 0 Å². The summed E-state index contributed by atoms with van der Waals surface area (Å²) < 4.78 is 17.7. The van der Waals surface area contributed by atoms with E-state index in [0.29, 0.717) is 5.75 Å². The highest BCUT2D eigenvalue weighted by Crippen LogP contribution is 2.10. The minimum Gasteiger partial charge on any atom is -0.484 e. The fourth-order valence-corrected chi connectivity index (χ4v) is 1.25. The van der Waals surface area contributed by atoms with Gasteiger partial charge >= 0.3 is 5.97 Å². The number of aliphatic carboxylic acids is 1. The number of carbonyl (C=O) groups is 2. The molecular weight excluding hydrogens is 241 g/mol. The van der Waals surface area contributed by atoms with Gasteiger partial charge < -0.3 is 15.2 Å². The van der Waals surface area contributed by atoms with Crippen molar-refractivity contribution in [2.75, 3.05) is 6.61 Å². The van der Waals surface area contributed by atoms with Crippen LogP contribution in [0, 0.1) is 5.82 Å². The number of amides is 1. The largest absolute Gasteiger partial charge is 0.484 e. The maximum atomic E-state index is 12.6. The molecule has 5 nitrogen and oxygen atoms in total. The van der Waals surface area contributed by atoms with Crippen LogP contribution in [-0.4, -0.2) is 29.6 Å². The van der Waals surface area contributed by atoms with Crippen LogP contribution in [-0.2, 0) is 9.59 Å². The molecule has 0 aliphatic rings. The van der Waals surface area contributed by atoms with Crippen molar-refractivity contribution in [2.45, 2.75) is 19.4 Å². The normalized spacial score (nSPS) is 11.7. The second kappa shape index (κ2) is 6.58. The van der Waals surface area contributed by atoms with Gasteiger partial charge in [-0.3, -0.25) is 4.79 Å². The summed E-state index contributed by atoms with van der Waals surface area (Å²) in [5.74, 6) is -1.68. The van der Waals surface area contributed by atoms with Crippen molar-refractivity contribution in [1.82, 2.24) is 5.32 Å². The smallest absolute Gasteiger partial charge is 0.326 e. The van der Waals surface area contributed by atoms with Crippen molar-refractivity contribution in [3.05, 3.63) is 30.1 Å². The van der Waals surface area contributed by atoms with Gasteiger partial charge in [0.25, 0.3) is 5.91 Å². The Morgan fingerprint density at radius 3 is 2.50 bits per heavy atom. The average Bonchev–Trinajstić information content (AvgIpc) is 2.35. The van der Waals surface area contributed by atoms with Crippen molar-refractivity contribution in [3.8, 4) is 5.75 Å². The summed E-state index contributed by atoms with van der Waals surface area (Å²) in [5.41, 5.74) is 0. The molecule has 2 N–H and O–H groups in total. The van der Waals surface area contributed by atoms with E-state index in [4.69, 9.17) is 9.84 Å². The molecule has 1 amide bonds. The minimum atomic E-state index is -1.09. The first-order valence-corrected chi connectivity index (χ1v) is 5.43. The minimum absolute atomic E-state index is 0.289. The van der Waals surface area contributed by atoms with Gasteiger partial charge in [0.05, 0.1) is 0 Å². The third-order valence-electron chi connectivity index (χ3n) is 2.23. The van der Waals surface area contributed by atoms with Crippen molar-refractivity contribution in [3.63, 3.8) is 0 Å². The molecule has 0 aliphatic carbocycles. The molecule has 0 saturated carbocycles. The van der Waals surface area contributed by atoms with Crippen molar-refractivity contribution < 1.29 is 23.8 Å². The molecule has 0 saturated heterocycles. The van der Waals surface area contributed by atoms with E-state index in [0.717, 1.165) is 0 Å². The molecule has 0 heterocycles. The zero-order chi connectivity index (χ0) is 13.5. The van der Waals surface area contributed by atoms with Crippen LogP contribution in [0.1, 0.15) is 13.3 Å². The van der Waals surface area contributed by atoms with Gasteiger partial charge in [0.2, 0.25) is 0 Å². The number of nitrogens with one attached hydrogen (secondary N) is 1. The lowest BCUT2D eigenvalue weighted by molar-refractivity contribution is -0.142. The molecule has 1 atom stereocenters. The number of benzene rings is 1. The van der Waals surface area contributed by atoms with E-state index in [1.54, 1.807) is 6.92 Å². The monoisotopic (exact) mass is 255 g/mol. The fraction of sp³-hybridized carbons (Fsp3) is 0.333. The Labute approximate surface area is 104 Å². The predicted octanol–water partition coefficient (Wildman–Crippen LogP) is 1.18. The number of carboxylic acid groups (broad SMARTS) is 1. The number of rotatable bonds is 6. The van der Waals surface area contributed by atoms with Crippen LogP contribution >= 0.6 is 0 Å². The fourth-order valence-electron chi connectivity index (χ4n) is 1.25. The summed E-state index contributed by atoms with van der Waals surface area (Å²) in [4.78, 5) is 22.1. The summed E-state index contributed by atoms with van der Waals surface area (Å²) in [7, 11) is 0. The standard InChI is InChI=1S/C12H14FNO4/c1-2-10(12(16)17)14-11(15)7-18-9-5-3-8(13)4-6-9/h3-6,10H,2,7H2,1H3,(H,14,15)(H,16,17)/t10-/m0/s1. The second-order valence-electron chi connectivity index (χ2n) is 3.61. The third kappa shape index (κ3) is 4.40. The maximum absolute atomic E-state index is 12.6. The van der Waals surface area contributed by atoms with Gasteiger partial charge in [0.1, 0.15) is 17.6 Å². The van der Waals surface area contributed by atoms with E-state index in [1.807, 2.05) is 0 Å². The highest BCUT2D eigenvalue weighted by atomic mass is 19.1. The molecule has 0 aromatic heterocycles. The first-order chi connectivity index (χ1) is 8.52. The highest BCUT2D eigenvalue weighted by Gasteiger charge is 2.17. The Bertz CT molecular complexity index is 419. The first-order valence-electron chi connectivity index (χ1n) is 5.43. The van der Waals surface area contributed by atoms with E-state index >= 15 is 0 Å². The molecule has 0 radical (unpaired) electrons. The zero-order valence-electron chi connectivity index (χ0n) is 9.85. The molecule has 0 aliphatic heterocycles. The topological polar surface area (TPSA) is 75.6 Å². The molecule has 6 heteroatoms. The van der Waals surface area contributed by atoms with Crippen LogP contribution in [0.2, 0.25) is 0 Å². The molecule has 18 heavy (non-hydrogen) atoms. The highest BCUT2D eigenvalue weighted by molar-refractivity contribution is 5.84. The number of carboxylic acids is 1. The van der Waals surface area contributed by atoms with Crippen LogP contribution in [0.3, 0.4) is 0 Å². The molecule has 0 bridgehead atoms. The second-order valence-corrected chi connectivity index (χ2v) is 3.61. The Morgan fingerprint density at radius 1 is 1.39 bits per heavy atom. The quantitative estimate of drug-likeness (QED) is 0.800. The van der Waals surface area contributed by atoms with E-state index in [2.05, 4.69) is 5.32 Å². The van der Waals surface area contributed by atoms with Gasteiger partial charge in [-0.05, 0) is 30.7 Å². The summed E-state index contributed by atoms with van der Waals surface area (Å²) >= 11 is 0. The molecule has 98 valence electrons. The molecule has 1 aromatic rings. The van der Waals surface area contributed by atoms with E-state index in [1.165, 1.54) is 24.3 Å². The van der Waals surface area contributed by atoms with Gasteiger partial charge in [-0.2, -0.15) is 0 Å². The average molecular weight is 255 g/mol. The summed E-state index contributed by atoms with van der Waals surface area (Å²) in [5, 5.41) is 11.1. The van der Waals surface area contributed by atoms with Gasteiger partial charge in [-0.1, -0.05) is 6.92 Å². The number of carbonyl (C=O) groups excluding carboxylic acids is 1. The van der Waals surface area contributed by atoms with Crippen molar-refractivity contribution in [2.24, 2.45) is 0 Å². The van der Waals surface area contributed by atoms with Gasteiger partial charge in [0.15, 0.2) is 6.61 Å². The Morgan fingerprint density at radius 2 is 2.00 bits per heavy atom. The Balaban J connectivity index is 2.41. The molecule has 1 rings (SSSR count). The lowest BCUT2D eigenvalue weighted by atomic mass is 10.2. The number of hydrogen-bond acceptors (Lipinski definition) is 3. The van der Waals surface area contributed by atoms with Crippen LogP contribution in [0.25, 0.3) is 0 Å². The number of halogens is 1. The summed E-state index contributed by atoms with van der Waals surface area (Å²) in [6.45, 7) is 1.34. The number of hydrogen-bond donors (Lipinski definition) is 2. The lowest BCUT2D eigenvalue weighted by Crippen LogP contribution is -2.42. The van der Waals surface area contributed by atoms with Crippen LogP contribution in [0.4, 0.5) is 4.39 Å². The van der Waals surface area contributed by atoms with E-state index in [9.17, 15) is 14.0 Å². The van der Waals surface area contributed by atoms with E-state index < -0.39 is 23.7 Å². The van der Waals surface area contributed by atoms with Crippen LogP contribution < -0.4 is 10.1 Å². The maximum Gasteiger partial charge on any atom is 0.326 e. The molecule has 1 aromatic carbocycles. The summed E-state index contributed by atoms with van der Waals surface area (Å²) in [6.07, 6.45) is 0.289. The molecule has 0 spiro atoms. The first kappa shape index (κ1) is 14.0.